The van der Waals surface area contributed by atoms with Crippen LogP contribution in [0.3, 0.4) is 0 Å². The van der Waals surface area contributed by atoms with Gasteiger partial charge in [-0.2, -0.15) is 4.98 Å². The molecule has 7 heteroatoms. The lowest BCUT2D eigenvalue weighted by molar-refractivity contribution is -0.895. The molecule has 0 aliphatic carbocycles. The summed E-state index contributed by atoms with van der Waals surface area (Å²) in [7, 11) is 0. The van der Waals surface area contributed by atoms with Crippen LogP contribution in [0.25, 0.3) is 10.7 Å². The fourth-order valence-electron chi connectivity index (χ4n) is 1.85. The van der Waals surface area contributed by atoms with Crippen molar-refractivity contribution in [2.75, 3.05) is 26.2 Å². The summed E-state index contributed by atoms with van der Waals surface area (Å²) in [6.07, 6.45) is 0. The van der Waals surface area contributed by atoms with Crippen LogP contribution in [0.2, 0.25) is 0 Å². The minimum Gasteiger partial charge on any atom is -0.342 e. The van der Waals surface area contributed by atoms with E-state index in [9.17, 15) is 4.79 Å². The molecule has 0 spiro atoms. The highest BCUT2D eigenvalue weighted by Crippen LogP contribution is 2.20. The van der Waals surface area contributed by atoms with Crippen LogP contribution in [0.1, 0.15) is 24.5 Å². The van der Waals surface area contributed by atoms with Crippen molar-refractivity contribution < 1.29 is 14.2 Å². The van der Waals surface area contributed by atoms with Gasteiger partial charge >= 0.3 is 11.8 Å². The molecule has 0 aromatic carbocycles. The van der Waals surface area contributed by atoms with Crippen LogP contribution in [0.5, 0.6) is 0 Å². The summed E-state index contributed by atoms with van der Waals surface area (Å²) in [6.45, 7) is 7.86. The van der Waals surface area contributed by atoms with Crippen LogP contribution >= 0.6 is 11.3 Å². The first kappa shape index (κ1) is 14.7. The van der Waals surface area contributed by atoms with Crippen molar-refractivity contribution in [2.45, 2.75) is 13.8 Å². The van der Waals surface area contributed by atoms with Crippen LogP contribution in [-0.2, 0) is 0 Å². The van der Waals surface area contributed by atoms with Crippen LogP contribution in [0, 0.1) is 0 Å². The lowest BCUT2D eigenvalue weighted by Gasteiger charge is -2.14. The quantitative estimate of drug-likeness (QED) is 0.778. The second kappa shape index (κ2) is 7.16. The molecule has 0 bridgehead atoms. The molecule has 0 aliphatic heterocycles. The fourth-order valence-corrected chi connectivity index (χ4v) is 2.50. The Bertz CT molecular complexity index is 534. The minimum atomic E-state index is -0.313. The van der Waals surface area contributed by atoms with Crippen LogP contribution in [0.4, 0.5) is 0 Å². The number of likely N-dealkylation sites (N-methyl/N-ethyl adjacent to an activating group) is 1. The Morgan fingerprint density at radius 3 is 2.90 bits per heavy atom. The lowest BCUT2D eigenvalue weighted by Crippen LogP contribution is -3.12. The molecule has 0 saturated carbocycles. The van der Waals surface area contributed by atoms with E-state index >= 15 is 0 Å². The molecule has 0 unspecified atom stereocenters. The number of nitrogens with one attached hydrogen (secondary N) is 2. The lowest BCUT2D eigenvalue weighted by atomic mass is 10.4. The predicted molar refractivity (Wildman–Crippen MR) is 76.9 cm³/mol. The van der Waals surface area contributed by atoms with Crippen LogP contribution < -0.4 is 10.2 Å². The standard InChI is InChI=1S/C13H18N4O2S/c1-3-17(4-2)8-7-14-12(18)13-15-11(16-19-13)10-6-5-9-20-10/h5-6,9H,3-4,7-8H2,1-2H3,(H,14,18)/p+1. The Morgan fingerprint density at radius 2 is 2.25 bits per heavy atom. The largest absolute Gasteiger partial charge is 0.342 e. The zero-order valence-corrected chi connectivity index (χ0v) is 12.5. The number of amides is 1. The molecule has 20 heavy (non-hydrogen) atoms. The zero-order valence-electron chi connectivity index (χ0n) is 11.7. The first-order valence-corrected chi connectivity index (χ1v) is 7.61. The van der Waals surface area contributed by atoms with Gasteiger partial charge in [-0.15, -0.1) is 11.3 Å². The third-order valence-corrected chi connectivity index (χ3v) is 3.99. The van der Waals surface area contributed by atoms with Crippen LogP contribution in [0.15, 0.2) is 22.0 Å². The number of thiophene rings is 1. The molecule has 2 N–H and O–H groups in total. The van der Waals surface area contributed by atoms with E-state index in [0.29, 0.717) is 12.4 Å². The summed E-state index contributed by atoms with van der Waals surface area (Å²) in [5.41, 5.74) is 0. The molecule has 0 radical (unpaired) electrons. The van der Waals surface area contributed by atoms with E-state index in [1.165, 1.54) is 16.2 Å². The molecule has 6 nitrogen and oxygen atoms in total. The molecule has 0 aliphatic rings. The summed E-state index contributed by atoms with van der Waals surface area (Å²) in [5.74, 6) is 0.161. The van der Waals surface area contributed by atoms with E-state index in [2.05, 4.69) is 29.3 Å². The van der Waals surface area contributed by atoms with E-state index < -0.39 is 0 Å². The smallest absolute Gasteiger partial charge is 0.316 e. The molecule has 2 aromatic rings. The molecule has 0 fully saturated rings. The van der Waals surface area contributed by atoms with E-state index in [4.69, 9.17) is 4.52 Å². The highest BCUT2D eigenvalue weighted by atomic mass is 32.1. The molecule has 2 aromatic heterocycles. The van der Waals surface area contributed by atoms with Gasteiger partial charge in [0, 0.05) is 0 Å². The highest BCUT2D eigenvalue weighted by molar-refractivity contribution is 7.13. The van der Waals surface area contributed by atoms with Gasteiger partial charge in [-0.1, -0.05) is 11.2 Å². The number of carbonyl (C=O) groups is 1. The van der Waals surface area contributed by atoms with Gasteiger partial charge in [0.25, 0.3) is 0 Å². The van der Waals surface area contributed by atoms with E-state index in [0.717, 1.165) is 24.5 Å². The number of nitrogens with zero attached hydrogens (tertiary/aromatic N) is 2. The molecule has 2 heterocycles. The number of hydrogen-bond acceptors (Lipinski definition) is 5. The Labute approximate surface area is 121 Å². The second-order valence-corrected chi connectivity index (χ2v) is 5.31. The average Bonchev–Trinajstić information content (AvgIpc) is 3.13. The molecule has 0 atom stereocenters. The maximum absolute atomic E-state index is 11.9. The Kier molecular flexibility index (Phi) is 5.25. The van der Waals surface area contributed by atoms with Gasteiger partial charge in [0.05, 0.1) is 31.1 Å². The summed E-state index contributed by atoms with van der Waals surface area (Å²) in [5, 5.41) is 8.55. The SMILES string of the molecule is CC[NH+](CC)CCNC(=O)c1nc(-c2cccs2)no1. The maximum atomic E-state index is 11.9. The monoisotopic (exact) mass is 295 g/mol. The van der Waals surface area contributed by atoms with Crippen molar-refractivity contribution in [3.05, 3.63) is 23.4 Å². The van der Waals surface area contributed by atoms with E-state index in [-0.39, 0.29) is 11.8 Å². The van der Waals surface area contributed by atoms with Crippen molar-refractivity contribution >= 4 is 17.2 Å². The van der Waals surface area contributed by atoms with Crippen molar-refractivity contribution in [3.63, 3.8) is 0 Å². The summed E-state index contributed by atoms with van der Waals surface area (Å²) in [4.78, 5) is 18.3. The molecule has 2 rings (SSSR count). The van der Waals surface area contributed by atoms with Gasteiger partial charge in [0.2, 0.25) is 5.82 Å². The number of hydrogen-bond donors (Lipinski definition) is 2. The van der Waals surface area contributed by atoms with Gasteiger partial charge in [-0.05, 0) is 25.3 Å². The van der Waals surface area contributed by atoms with Crippen molar-refractivity contribution in [3.8, 4) is 10.7 Å². The van der Waals surface area contributed by atoms with Crippen molar-refractivity contribution in [1.82, 2.24) is 15.5 Å². The van der Waals surface area contributed by atoms with Gasteiger partial charge in [-0.25, -0.2) is 0 Å². The first-order chi connectivity index (χ1) is 9.74. The Balaban J connectivity index is 1.87. The maximum Gasteiger partial charge on any atom is 0.316 e. The molecule has 0 saturated heterocycles. The Hall–Kier alpha value is -1.73. The first-order valence-electron chi connectivity index (χ1n) is 6.74. The Morgan fingerprint density at radius 1 is 1.45 bits per heavy atom. The van der Waals surface area contributed by atoms with Crippen LogP contribution in [-0.4, -0.2) is 42.2 Å². The topological polar surface area (TPSA) is 72.5 Å². The predicted octanol–water partition coefficient (Wildman–Crippen LogP) is 0.453. The number of quaternary nitrogens is 1. The number of aromatic nitrogens is 2. The van der Waals surface area contributed by atoms with Gasteiger partial charge < -0.3 is 14.7 Å². The normalized spacial score (nSPS) is 10.9. The molecule has 1 amide bonds. The fraction of sp³-hybridized carbons (Fsp3) is 0.462. The summed E-state index contributed by atoms with van der Waals surface area (Å²) < 4.78 is 4.99. The molecule has 108 valence electrons. The highest BCUT2D eigenvalue weighted by Gasteiger charge is 2.16. The zero-order chi connectivity index (χ0) is 14.4. The van der Waals surface area contributed by atoms with Gasteiger partial charge in [0.15, 0.2) is 0 Å². The summed E-state index contributed by atoms with van der Waals surface area (Å²) >= 11 is 1.51. The average molecular weight is 295 g/mol. The van der Waals surface area contributed by atoms with E-state index in [1.807, 2.05) is 17.5 Å². The summed E-state index contributed by atoms with van der Waals surface area (Å²) in [6, 6.07) is 3.80. The molecular weight excluding hydrogens is 276 g/mol. The van der Waals surface area contributed by atoms with Crippen molar-refractivity contribution in [1.29, 1.82) is 0 Å². The number of carbonyl (C=O) groups excluding carboxylic acids is 1. The second-order valence-electron chi connectivity index (χ2n) is 4.36. The third kappa shape index (κ3) is 3.64. The number of rotatable bonds is 7. The molecular formula is C13H19N4O2S+. The third-order valence-electron chi connectivity index (χ3n) is 3.13. The minimum absolute atomic E-state index is 0.0166. The van der Waals surface area contributed by atoms with Crippen molar-refractivity contribution in [2.24, 2.45) is 0 Å². The van der Waals surface area contributed by atoms with E-state index in [1.54, 1.807) is 0 Å². The van der Waals surface area contributed by atoms with Gasteiger partial charge in [0.1, 0.15) is 0 Å². The van der Waals surface area contributed by atoms with Gasteiger partial charge in [-0.3, -0.25) is 4.79 Å².